The third kappa shape index (κ3) is 3.61. The van der Waals surface area contributed by atoms with Crippen molar-refractivity contribution in [3.05, 3.63) is 84.4 Å². The molecule has 2 aliphatic heterocycles. The summed E-state index contributed by atoms with van der Waals surface area (Å²) in [7, 11) is 1.66. The van der Waals surface area contributed by atoms with Crippen molar-refractivity contribution < 1.29 is 9.59 Å². The molecule has 3 heterocycles. The minimum Gasteiger partial charge on any atom is -0.369 e. The number of hydrogen-bond acceptors (Lipinski definition) is 6. The van der Waals surface area contributed by atoms with Gasteiger partial charge in [0.2, 0.25) is 0 Å². The van der Waals surface area contributed by atoms with Crippen LogP contribution in [0.3, 0.4) is 0 Å². The highest BCUT2D eigenvalue weighted by molar-refractivity contribution is 6.07. The van der Waals surface area contributed by atoms with Gasteiger partial charge in [0.25, 0.3) is 11.8 Å². The van der Waals surface area contributed by atoms with E-state index >= 15 is 0 Å². The monoisotopic (exact) mass is 454 g/mol. The maximum atomic E-state index is 13.6. The molecule has 3 aromatic rings. The third-order valence-corrected chi connectivity index (χ3v) is 6.86. The normalized spacial score (nSPS) is 21.0. The summed E-state index contributed by atoms with van der Waals surface area (Å²) in [6.07, 6.45) is 6.26. The van der Waals surface area contributed by atoms with Crippen molar-refractivity contribution in [3.63, 3.8) is 0 Å². The number of benzene rings is 2. The van der Waals surface area contributed by atoms with Gasteiger partial charge >= 0.3 is 0 Å². The largest absolute Gasteiger partial charge is 0.369 e. The van der Waals surface area contributed by atoms with Gasteiger partial charge in [-0.2, -0.15) is 0 Å². The molecule has 0 radical (unpaired) electrons. The number of guanidine groups is 1. The first-order valence-corrected chi connectivity index (χ1v) is 11.3. The van der Waals surface area contributed by atoms with Crippen molar-refractivity contribution >= 4 is 17.8 Å². The molecule has 1 aromatic heterocycles. The second-order valence-electron chi connectivity index (χ2n) is 8.74. The number of aromatic nitrogens is 2. The lowest BCUT2D eigenvalue weighted by molar-refractivity contribution is -0.133. The zero-order chi connectivity index (χ0) is 23.7. The second kappa shape index (κ2) is 8.70. The van der Waals surface area contributed by atoms with E-state index in [1.165, 1.54) is 11.2 Å². The smallest absolute Gasteiger partial charge is 0.261 e. The fourth-order valence-electron chi connectivity index (χ4n) is 5.00. The van der Waals surface area contributed by atoms with E-state index in [0.29, 0.717) is 31.5 Å². The number of amides is 2. The molecule has 1 unspecified atom stereocenters. The lowest BCUT2D eigenvalue weighted by atomic mass is 9.72. The van der Waals surface area contributed by atoms with Crippen molar-refractivity contribution in [2.45, 2.75) is 18.4 Å². The predicted molar refractivity (Wildman–Crippen MR) is 129 cm³/mol. The maximum absolute atomic E-state index is 13.6. The highest BCUT2D eigenvalue weighted by Crippen LogP contribution is 2.45. The van der Waals surface area contributed by atoms with E-state index in [1.54, 1.807) is 19.4 Å². The van der Waals surface area contributed by atoms with Crippen LogP contribution in [0.25, 0.3) is 11.1 Å². The molecular formula is C26H26N6O2. The standard InChI is InChI=1S/C26H26N6O2/c1-31-24(34)26(30-25(31)27,22-9-5-8-19(14-22)20-15-28-17-29-16-20)21-10-12-32(13-11-21)23(33)18-6-3-2-4-7-18/h2-9,14-17,21H,10-13H2,1H3,(H2,27,30). The van der Waals surface area contributed by atoms with Crippen molar-refractivity contribution in [2.75, 3.05) is 20.1 Å². The van der Waals surface area contributed by atoms with E-state index in [1.807, 2.05) is 59.5 Å². The molecule has 2 amide bonds. The fraction of sp³-hybridized carbons (Fsp3) is 0.269. The molecule has 0 bridgehead atoms. The number of nitrogens with zero attached hydrogens (tertiary/aromatic N) is 5. The Bertz CT molecular complexity index is 1240. The summed E-state index contributed by atoms with van der Waals surface area (Å²) in [5, 5.41) is 0. The molecule has 0 spiro atoms. The van der Waals surface area contributed by atoms with Crippen LogP contribution < -0.4 is 5.73 Å². The van der Waals surface area contributed by atoms with Crippen LogP contribution in [0.1, 0.15) is 28.8 Å². The summed E-state index contributed by atoms with van der Waals surface area (Å²) >= 11 is 0. The molecule has 5 rings (SSSR count). The number of hydrogen-bond donors (Lipinski definition) is 1. The zero-order valence-corrected chi connectivity index (χ0v) is 19.0. The quantitative estimate of drug-likeness (QED) is 0.653. The Kier molecular flexibility index (Phi) is 5.57. The Labute approximate surface area is 198 Å². The van der Waals surface area contributed by atoms with Crippen LogP contribution in [0.15, 0.2) is 78.3 Å². The lowest BCUT2D eigenvalue weighted by Gasteiger charge is -2.40. The molecule has 8 nitrogen and oxygen atoms in total. The Morgan fingerprint density at radius 1 is 1.00 bits per heavy atom. The number of piperidine rings is 1. The van der Waals surface area contributed by atoms with Gasteiger partial charge in [-0.25, -0.2) is 15.0 Å². The minimum atomic E-state index is -1.12. The van der Waals surface area contributed by atoms with Crippen LogP contribution in [0.2, 0.25) is 0 Å². The van der Waals surface area contributed by atoms with Crippen molar-refractivity contribution in [2.24, 2.45) is 16.6 Å². The highest BCUT2D eigenvalue weighted by Gasteiger charge is 2.54. The van der Waals surface area contributed by atoms with Gasteiger partial charge in [0.15, 0.2) is 11.5 Å². The molecule has 0 saturated carbocycles. The molecule has 2 aromatic carbocycles. The number of nitrogens with two attached hydrogens (primary N) is 1. The summed E-state index contributed by atoms with van der Waals surface area (Å²) in [6, 6.07) is 17.1. The van der Waals surface area contributed by atoms with Crippen molar-refractivity contribution in [1.82, 2.24) is 19.8 Å². The molecule has 34 heavy (non-hydrogen) atoms. The van der Waals surface area contributed by atoms with Crippen molar-refractivity contribution in [1.29, 1.82) is 0 Å². The summed E-state index contributed by atoms with van der Waals surface area (Å²) in [4.78, 5) is 42.9. The van der Waals surface area contributed by atoms with E-state index in [-0.39, 0.29) is 23.7 Å². The minimum absolute atomic E-state index is 0.0112. The fourth-order valence-corrected chi connectivity index (χ4v) is 5.00. The number of likely N-dealkylation sites (tertiary alicyclic amines) is 1. The molecule has 1 atom stereocenters. The lowest BCUT2D eigenvalue weighted by Crippen LogP contribution is -2.49. The van der Waals surface area contributed by atoms with Gasteiger partial charge in [-0.3, -0.25) is 14.5 Å². The number of rotatable bonds is 4. The third-order valence-electron chi connectivity index (χ3n) is 6.86. The van der Waals surface area contributed by atoms with Crippen LogP contribution in [-0.2, 0) is 10.3 Å². The Hall–Kier alpha value is -4.07. The molecule has 1 saturated heterocycles. The van der Waals surface area contributed by atoms with Crippen LogP contribution in [0.5, 0.6) is 0 Å². The molecule has 1 fully saturated rings. The van der Waals surface area contributed by atoms with E-state index in [4.69, 9.17) is 10.7 Å². The van der Waals surface area contributed by atoms with Crippen LogP contribution in [0.4, 0.5) is 0 Å². The Morgan fingerprint density at radius 3 is 2.35 bits per heavy atom. The molecule has 2 N–H and O–H groups in total. The predicted octanol–water partition coefficient (Wildman–Crippen LogP) is 2.68. The molecule has 2 aliphatic rings. The van der Waals surface area contributed by atoms with Gasteiger partial charge in [-0.05, 0) is 42.2 Å². The van der Waals surface area contributed by atoms with Crippen LogP contribution in [-0.4, -0.2) is 57.7 Å². The van der Waals surface area contributed by atoms with Crippen molar-refractivity contribution in [3.8, 4) is 11.1 Å². The van der Waals surface area contributed by atoms with Gasteiger partial charge in [0, 0.05) is 49.6 Å². The first-order valence-electron chi connectivity index (χ1n) is 11.3. The van der Waals surface area contributed by atoms with E-state index in [9.17, 15) is 9.59 Å². The van der Waals surface area contributed by atoms with Crippen LogP contribution >= 0.6 is 0 Å². The number of aliphatic imine (C=N–C) groups is 1. The van der Waals surface area contributed by atoms with E-state index in [2.05, 4.69) is 9.97 Å². The first kappa shape index (κ1) is 21.8. The molecule has 8 heteroatoms. The summed E-state index contributed by atoms with van der Waals surface area (Å²) in [5.41, 5.74) is 8.27. The SMILES string of the molecule is CN1C(=O)C(c2cccc(-c3cncnc3)c2)(C2CCN(C(=O)c3ccccc3)CC2)N=C1N. The van der Waals surface area contributed by atoms with Crippen LogP contribution in [0, 0.1) is 5.92 Å². The first-order chi connectivity index (χ1) is 16.5. The van der Waals surface area contributed by atoms with E-state index < -0.39 is 5.54 Å². The van der Waals surface area contributed by atoms with Gasteiger partial charge in [0.05, 0.1) is 0 Å². The molecule has 0 aliphatic carbocycles. The summed E-state index contributed by atoms with van der Waals surface area (Å²) in [6.45, 7) is 1.11. The zero-order valence-electron chi connectivity index (χ0n) is 19.0. The number of carbonyl (C=O) groups is 2. The number of likely N-dealkylation sites (N-methyl/N-ethyl adjacent to an activating group) is 1. The topological polar surface area (TPSA) is 105 Å². The molecular weight excluding hydrogens is 428 g/mol. The average Bonchev–Trinajstić information content (AvgIpc) is 3.14. The molecule has 172 valence electrons. The summed E-state index contributed by atoms with van der Waals surface area (Å²) < 4.78 is 0. The van der Waals surface area contributed by atoms with Gasteiger partial charge < -0.3 is 10.6 Å². The Morgan fingerprint density at radius 2 is 1.71 bits per heavy atom. The number of carbonyl (C=O) groups excluding carboxylic acids is 2. The average molecular weight is 455 g/mol. The maximum Gasteiger partial charge on any atom is 0.261 e. The highest BCUT2D eigenvalue weighted by atomic mass is 16.2. The summed E-state index contributed by atoms with van der Waals surface area (Å²) in [5.74, 6) is -0.0109. The van der Waals surface area contributed by atoms with E-state index in [0.717, 1.165) is 16.7 Å². The van der Waals surface area contributed by atoms with Gasteiger partial charge in [-0.1, -0.05) is 36.4 Å². The van der Waals surface area contributed by atoms with Gasteiger partial charge in [0.1, 0.15) is 6.33 Å². The second-order valence-corrected chi connectivity index (χ2v) is 8.74. The Balaban J connectivity index is 1.47. The van der Waals surface area contributed by atoms with Gasteiger partial charge in [-0.15, -0.1) is 0 Å².